The molecule has 2 nitrogen and oxygen atoms in total. The van der Waals surface area contributed by atoms with E-state index in [-0.39, 0.29) is 11.1 Å². The first-order valence-corrected chi connectivity index (χ1v) is 3.78. The van der Waals surface area contributed by atoms with Gasteiger partial charge in [0.2, 0.25) is 0 Å². The van der Waals surface area contributed by atoms with Gasteiger partial charge < -0.3 is 5.73 Å². The Hall–Kier alpha value is -1.54. The van der Waals surface area contributed by atoms with Crippen molar-refractivity contribution in [1.29, 1.82) is 5.26 Å². The molecule has 5 heteroatoms. The molecular weight excluding hydrogens is 193 g/mol. The Labute approximate surface area is 78.8 Å². The van der Waals surface area contributed by atoms with Gasteiger partial charge in [-0.15, -0.1) is 0 Å². The maximum atomic E-state index is 12.2. The molecule has 0 bridgehead atoms. The fourth-order valence-electron chi connectivity index (χ4n) is 1.05. The van der Waals surface area contributed by atoms with E-state index in [1.54, 1.807) is 6.07 Å². The van der Waals surface area contributed by atoms with Crippen molar-refractivity contribution in [3.05, 3.63) is 35.4 Å². The van der Waals surface area contributed by atoms with Gasteiger partial charge in [0.25, 0.3) is 0 Å². The third-order valence-electron chi connectivity index (χ3n) is 1.77. The molecule has 1 atom stereocenters. The fourth-order valence-corrected chi connectivity index (χ4v) is 1.05. The summed E-state index contributed by atoms with van der Waals surface area (Å²) in [4.78, 5) is 0. The molecular formula is C9H7F3N2. The van der Waals surface area contributed by atoms with E-state index in [9.17, 15) is 13.2 Å². The quantitative estimate of drug-likeness (QED) is 0.754. The van der Waals surface area contributed by atoms with Gasteiger partial charge in [0.1, 0.15) is 6.04 Å². The Morgan fingerprint density at radius 2 is 1.86 bits per heavy atom. The second kappa shape index (κ2) is 3.68. The Bertz CT molecular complexity index is 365. The average molecular weight is 200 g/mol. The predicted octanol–water partition coefficient (Wildman–Crippen LogP) is 2.12. The van der Waals surface area contributed by atoms with Gasteiger partial charge in [0.05, 0.1) is 11.6 Å². The molecule has 0 saturated heterocycles. The normalized spacial score (nSPS) is 13.4. The summed E-state index contributed by atoms with van der Waals surface area (Å²) in [5.74, 6) is 0. The molecule has 0 radical (unpaired) electrons. The predicted molar refractivity (Wildman–Crippen MR) is 44.1 cm³/mol. The second-order valence-corrected chi connectivity index (χ2v) is 2.72. The van der Waals surface area contributed by atoms with Gasteiger partial charge in [-0.2, -0.15) is 18.4 Å². The highest BCUT2D eigenvalue weighted by Gasteiger charge is 2.38. The van der Waals surface area contributed by atoms with Crippen LogP contribution in [0.25, 0.3) is 0 Å². The first-order valence-electron chi connectivity index (χ1n) is 3.78. The molecule has 1 aromatic rings. The lowest BCUT2D eigenvalue weighted by atomic mass is 10.0. The number of alkyl halides is 3. The van der Waals surface area contributed by atoms with Crippen LogP contribution >= 0.6 is 0 Å². The number of benzene rings is 1. The minimum absolute atomic E-state index is 0.0441. The molecule has 0 aliphatic rings. The van der Waals surface area contributed by atoms with Crippen LogP contribution in [0.2, 0.25) is 0 Å². The van der Waals surface area contributed by atoms with Crippen molar-refractivity contribution in [2.24, 2.45) is 5.73 Å². The van der Waals surface area contributed by atoms with E-state index in [0.717, 1.165) is 0 Å². The van der Waals surface area contributed by atoms with Crippen molar-refractivity contribution in [2.45, 2.75) is 12.2 Å². The van der Waals surface area contributed by atoms with Crippen molar-refractivity contribution < 1.29 is 13.2 Å². The summed E-state index contributed by atoms with van der Waals surface area (Å²) in [6.45, 7) is 0. The van der Waals surface area contributed by atoms with Crippen LogP contribution in [0.15, 0.2) is 24.3 Å². The highest BCUT2D eigenvalue weighted by atomic mass is 19.4. The summed E-state index contributed by atoms with van der Waals surface area (Å²) in [6, 6.07) is 4.99. The topological polar surface area (TPSA) is 49.8 Å². The smallest absolute Gasteiger partial charge is 0.316 e. The van der Waals surface area contributed by atoms with Gasteiger partial charge in [0, 0.05) is 0 Å². The average Bonchev–Trinajstić information content (AvgIpc) is 2.15. The van der Waals surface area contributed by atoms with E-state index in [1.807, 2.05) is 0 Å². The van der Waals surface area contributed by atoms with Gasteiger partial charge >= 0.3 is 6.18 Å². The molecule has 0 saturated carbocycles. The van der Waals surface area contributed by atoms with Crippen LogP contribution in [0.4, 0.5) is 13.2 Å². The summed E-state index contributed by atoms with van der Waals surface area (Å²) in [5.41, 5.74) is 4.74. The van der Waals surface area contributed by atoms with Gasteiger partial charge in [-0.1, -0.05) is 18.2 Å². The van der Waals surface area contributed by atoms with Crippen LogP contribution in [-0.4, -0.2) is 6.18 Å². The summed E-state index contributed by atoms with van der Waals surface area (Å²) in [7, 11) is 0. The van der Waals surface area contributed by atoms with Crippen LogP contribution < -0.4 is 5.73 Å². The molecule has 0 fully saturated rings. The number of hydrogen-bond acceptors (Lipinski definition) is 2. The Morgan fingerprint density at radius 3 is 2.36 bits per heavy atom. The summed E-state index contributed by atoms with van der Waals surface area (Å²) in [5, 5.41) is 8.56. The summed E-state index contributed by atoms with van der Waals surface area (Å²) >= 11 is 0. The number of nitrogens with zero attached hydrogens (tertiary/aromatic N) is 1. The number of nitriles is 1. The highest BCUT2D eigenvalue weighted by molar-refractivity contribution is 5.39. The van der Waals surface area contributed by atoms with Crippen molar-refractivity contribution in [3.8, 4) is 6.07 Å². The standard InChI is InChI=1S/C9H7F3N2/c10-9(11,12)8(14)7-4-2-1-3-6(7)5-13/h1-4,8H,14H2. The lowest BCUT2D eigenvalue weighted by Gasteiger charge is -2.16. The number of rotatable bonds is 1. The molecule has 0 heterocycles. The van der Waals surface area contributed by atoms with E-state index in [2.05, 4.69) is 0 Å². The minimum Gasteiger partial charge on any atom is -0.316 e. The van der Waals surface area contributed by atoms with Crippen molar-refractivity contribution in [2.75, 3.05) is 0 Å². The Kier molecular flexibility index (Phi) is 2.77. The van der Waals surface area contributed by atoms with Gasteiger partial charge in [0.15, 0.2) is 0 Å². The molecule has 0 spiro atoms. The van der Waals surface area contributed by atoms with Crippen LogP contribution in [-0.2, 0) is 0 Å². The van der Waals surface area contributed by atoms with E-state index in [4.69, 9.17) is 11.0 Å². The molecule has 74 valence electrons. The maximum Gasteiger partial charge on any atom is 0.407 e. The lowest BCUT2D eigenvalue weighted by Crippen LogP contribution is -2.29. The Morgan fingerprint density at radius 1 is 1.29 bits per heavy atom. The fraction of sp³-hybridized carbons (Fsp3) is 0.222. The Balaban J connectivity index is 3.14. The first-order chi connectivity index (χ1) is 6.46. The van der Waals surface area contributed by atoms with Gasteiger partial charge in [-0.05, 0) is 11.6 Å². The van der Waals surface area contributed by atoms with Crippen LogP contribution in [0.3, 0.4) is 0 Å². The molecule has 0 aliphatic carbocycles. The van der Waals surface area contributed by atoms with E-state index < -0.39 is 12.2 Å². The summed E-state index contributed by atoms with van der Waals surface area (Å²) in [6.07, 6.45) is -4.52. The van der Waals surface area contributed by atoms with Crippen LogP contribution in [0.5, 0.6) is 0 Å². The van der Waals surface area contributed by atoms with E-state index in [1.165, 1.54) is 24.3 Å². The monoisotopic (exact) mass is 200 g/mol. The number of nitrogens with two attached hydrogens (primary N) is 1. The largest absolute Gasteiger partial charge is 0.407 e. The maximum absolute atomic E-state index is 12.2. The van der Waals surface area contributed by atoms with Crippen LogP contribution in [0, 0.1) is 11.3 Å². The zero-order chi connectivity index (χ0) is 10.8. The molecule has 0 aliphatic heterocycles. The van der Waals surface area contributed by atoms with Crippen molar-refractivity contribution >= 4 is 0 Å². The molecule has 1 rings (SSSR count). The highest BCUT2D eigenvalue weighted by Crippen LogP contribution is 2.31. The first kappa shape index (κ1) is 10.5. The van der Waals surface area contributed by atoms with Gasteiger partial charge in [-0.25, -0.2) is 0 Å². The molecule has 1 aromatic carbocycles. The lowest BCUT2D eigenvalue weighted by molar-refractivity contribution is -0.149. The zero-order valence-corrected chi connectivity index (χ0v) is 7.05. The van der Waals surface area contributed by atoms with Crippen molar-refractivity contribution in [3.63, 3.8) is 0 Å². The van der Waals surface area contributed by atoms with Gasteiger partial charge in [-0.3, -0.25) is 0 Å². The molecule has 2 N–H and O–H groups in total. The number of halogens is 3. The summed E-state index contributed by atoms with van der Waals surface area (Å²) < 4.78 is 36.7. The molecule has 14 heavy (non-hydrogen) atoms. The van der Waals surface area contributed by atoms with E-state index >= 15 is 0 Å². The molecule has 1 unspecified atom stereocenters. The third kappa shape index (κ3) is 2.03. The second-order valence-electron chi connectivity index (χ2n) is 2.72. The van der Waals surface area contributed by atoms with Crippen molar-refractivity contribution in [1.82, 2.24) is 0 Å². The minimum atomic E-state index is -4.52. The zero-order valence-electron chi connectivity index (χ0n) is 7.05. The molecule has 0 aromatic heterocycles. The third-order valence-corrected chi connectivity index (χ3v) is 1.77. The SMILES string of the molecule is N#Cc1ccccc1C(N)C(F)(F)F. The number of hydrogen-bond donors (Lipinski definition) is 1. The van der Waals surface area contributed by atoms with Crippen LogP contribution in [0.1, 0.15) is 17.2 Å². The molecule has 0 amide bonds. The van der Waals surface area contributed by atoms with E-state index in [0.29, 0.717) is 0 Å².